The number of piperidine rings is 1. The lowest BCUT2D eigenvalue weighted by Gasteiger charge is -2.26. The minimum atomic E-state index is 0.784. The molecule has 24 heavy (non-hydrogen) atoms. The number of rotatable bonds is 7. The standard InChI is InChI=1S/C21H26ClNO/c22-20-9-5-18(6-10-20)17-19-7-11-21(12-8-19)24-16-4-15-23-13-2-1-3-14-23/h5-12H,1-4,13-17H2. The Balaban J connectivity index is 1.40. The topological polar surface area (TPSA) is 12.5 Å². The van der Waals surface area contributed by atoms with Gasteiger partial charge >= 0.3 is 0 Å². The van der Waals surface area contributed by atoms with Gasteiger partial charge in [-0.05, 0) is 74.2 Å². The molecule has 0 unspecified atom stereocenters. The van der Waals surface area contributed by atoms with E-state index in [-0.39, 0.29) is 0 Å². The lowest BCUT2D eigenvalue weighted by atomic mass is 10.1. The van der Waals surface area contributed by atoms with E-state index in [1.165, 1.54) is 43.5 Å². The first-order valence-corrected chi connectivity index (χ1v) is 9.36. The van der Waals surface area contributed by atoms with E-state index >= 15 is 0 Å². The summed E-state index contributed by atoms with van der Waals surface area (Å²) in [6.07, 6.45) is 6.14. The number of hydrogen-bond acceptors (Lipinski definition) is 2. The molecule has 0 saturated carbocycles. The van der Waals surface area contributed by atoms with Crippen LogP contribution in [0.3, 0.4) is 0 Å². The summed E-state index contributed by atoms with van der Waals surface area (Å²) in [7, 11) is 0. The Hall–Kier alpha value is -1.51. The molecular formula is C21H26ClNO. The van der Waals surface area contributed by atoms with Gasteiger partial charge in [-0.2, -0.15) is 0 Å². The highest BCUT2D eigenvalue weighted by Crippen LogP contribution is 2.17. The monoisotopic (exact) mass is 343 g/mol. The molecular weight excluding hydrogens is 318 g/mol. The highest BCUT2D eigenvalue weighted by atomic mass is 35.5. The molecule has 0 aromatic heterocycles. The van der Waals surface area contributed by atoms with E-state index in [2.05, 4.69) is 41.3 Å². The molecule has 3 rings (SSSR count). The molecule has 1 saturated heterocycles. The first kappa shape index (κ1) is 17.3. The summed E-state index contributed by atoms with van der Waals surface area (Å²) in [5, 5.41) is 0.784. The second kappa shape index (κ2) is 9.10. The maximum atomic E-state index is 5.93. The van der Waals surface area contributed by atoms with Crippen molar-refractivity contribution in [3.63, 3.8) is 0 Å². The summed E-state index contributed by atoms with van der Waals surface area (Å²) >= 11 is 5.93. The van der Waals surface area contributed by atoms with Crippen molar-refractivity contribution < 1.29 is 4.74 Å². The van der Waals surface area contributed by atoms with Crippen LogP contribution in [0.15, 0.2) is 48.5 Å². The van der Waals surface area contributed by atoms with Crippen molar-refractivity contribution >= 4 is 11.6 Å². The average Bonchev–Trinajstić information content (AvgIpc) is 2.63. The highest BCUT2D eigenvalue weighted by molar-refractivity contribution is 6.30. The molecule has 0 aliphatic carbocycles. The third-order valence-electron chi connectivity index (χ3n) is 4.58. The smallest absolute Gasteiger partial charge is 0.119 e. The normalized spacial score (nSPS) is 15.4. The van der Waals surface area contributed by atoms with Crippen LogP contribution in [0.4, 0.5) is 0 Å². The number of ether oxygens (including phenoxy) is 1. The number of nitrogens with zero attached hydrogens (tertiary/aromatic N) is 1. The fraction of sp³-hybridized carbons (Fsp3) is 0.429. The van der Waals surface area contributed by atoms with Crippen LogP contribution >= 0.6 is 11.6 Å². The Kier molecular flexibility index (Phi) is 6.57. The third kappa shape index (κ3) is 5.54. The van der Waals surface area contributed by atoms with Gasteiger partial charge in [0.25, 0.3) is 0 Å². The summed E-state index contributed by atoms with van der Waals surface area (Å²) in [5.41, 5.74) is 2.56. The first-order valence-electron chi connectivity index (χ1n) is 8.98. The van der Waals surface area contributed by atoms with Gasteiger partial charge in [-0.3, -0.25) is 0 Å². The van der Waals surface area contributed by atoms with Gasteiger partial charge in [-0.25, -0.2) is 0 Å². The van der Waals surface area contributed by atoms with E-state index in [4.69, 9.17) is 16.3 Å². The zero-order chi connectivity index (χ0) is 16.6. The Morgan fingerprint density at radius 1 is 0.833 bits per heavy atom. The molecule has 1 fully saturated rings. The van der Waals surface area contributed by atoms with E-state index in [0.717, 1.165) is 36.8 Å². The molecule has 0 radical (unpaired) electrons. The largest absolute Gasteiger partial charge is 0.494 e. The summed E-state index contributed by atoms with van der Waals surface area (Å²) in [4.78, 5) is 2.56. The first-order chi connectivity index (χ1) is 11.8. The SMILES string of the molecule is Clc1ccc(Cc2ccc(OCCCN3CCCCC3)cc2)cc1. The molecule has 1 heterocycles. The zero-order valence-electron chi connectivity index (χ0n) is 14.2. The van der Waals surface area contributed by atoms with Crippen LogP contribution in [-0.2, 0) is 6.42 Å². The van der Waals surface area contributed by atoms with E-state index in [0.29, 0.717) is 0 Å². The molecule has 0 amide bonds. The van der Waals surface area contributed by atoms with Crippen molar-refractivity contribution in [3.8, 4) is 5.75 Å². The van der Waals surface area contributed by atoms with Crippen molar-refractivity contribution in [2.45, 2.75) is 32.1 Å². The second-order valence-corrected chi connectivity index (χ2v) is 6.99. The summed E-state index contributed by atoms with van der Waals surface area (Å²) < 4.78 is 5.87. The highest BCUT2D eigenvalue weighted by Gasteiger charge is 2.09. The molecule has 3 heteroatoms. The van der Waals surface area contributed by atoms with Crippen LogP contribution in [0.5, 0.6) is 5.75 Å². The predicted octanol–water partition coefficient (Wildman–Crippen LogP) is 5.19. The minimum absolute atomic E-state index is 0.784. The van der Waals surface area contributed by atoms with E-state index < -0.39 is 0 Å². The fourth-order valence-electron chi connectivity index (χ4n) is 3.20. The Labute approximate surface area is 150 Å². The van der Waals surface area contributed by atoms with Gasteiger partial charge in [-0.1, -0.05) is 42.3 Å². The van der Waals surface area contributed by atoms with Crippen LogP contribution in [-0.4, -0.2) is 31.1 Å². The van der Waals surface area contributed by atoms with Crippen LogP contribution in [0.25, 0.3) is 0 Å². The zero-order valence-corrected chi connectivity index (χ0v) is 15.0. The van der Waals surface area contributed by atoms with Gasteiger partial charge in [0.05, 0.1) is 6.61 Å². The van der Waals surface area contributed by atoms with E-state index in [1.54, 1.807) is 0 Å². The molecule has 1 aliphatic heterocycles. The molecule has 0 N–H and O–H groups in total. The molecule has 2 aromatic carbocycles. The lowest BCUT2D eigenvalue weighted by Crippen LogP contribution is -2.31. The summed E-state index contributed by atoms with van der Waals surface area (Å²) in [6, 6.07) is 16.5. The van der Waals surface area contributed by atoms with Gasteiger partial charge in [-0.15, -0.1) is 0 Å². The maximum Gasteiger partial charge on any atom is 0.119 e. The van der Waals surface area contributed by atoms with Crippen molar-refractivity contribution in [2.75, 3.05) is 26.2 Å². The quantitative estimate of drug-likeness (QED) is 0.642. The minimum Gasteiger partial charge on any atom is -0.494 e. The van der Waals surface area contributed by atoms with Crippen LogP contribution < -0.4 is 4.74 Å². The molecule has 0 bridgehead atoms. The summed E-state index contributed by atoms with van der Waals surface area (Å²) in [5.74, 6) is 0.966. The van der Waals surface area contributed by atoms with Crippen LogP contribution in [0, 0.1) is 0 Å². The average molecular weight is 344 g/mol. The molecule has 0 spiro atoms. The van der Waals surface area contributed by atoms with Gasteiger partial charge in [0, 0.05) is 11.6 Å². The van der Waals surface area contributed by atoms with E-state index in [9.17, 15) is 0 Å². The number of benzene rings is 2. The predicted molar refractivity (Wildman–Crippen MR) is 101 cm³/mol. The van der Waals surface area contributed by atoms with Gasteiger partial charge in [0.15, 0.2) is 0 Å². The number of halogens is 1. The fourth-order valence-corrected chi connectivity index (χ4v) is 3.33. The van der Waals surface area contributed by atoms with E-state index in [1.807, 2.05) is 12.1 Å². The molecule has 0 atom stereocenters. The Morgan fingerprint density at radius 3 is 2.12 bits per heavy atom. The molecule has 1 aliphatic rings. The van der Waals surface area contributed by atoms with Crippen LogP contribution in [0.2, 0.25) is 5.02 Å². The van der Waals surface area contributed by atoms with Crippen LogP contribution in [0.1, 0.15) is 36.8 Å². The lowest BCUT2D eigenvalue weighted by molar-refractivity contribution is 0.205. The third-order valence-corrected chi connectivity index (χ3v) is 4.83. The summed E-state index contributed by atoms with van der Waals surface area (Å²) in [6.45, 7) is 4.49. The van der Waals surface area contributed by atoms with Gasteiger partial charge < -0.3 is 9.64 Å². The molecule has 2 nitrogen and oxygen atoms in total. The van der Waals surface area contributed by atoms with Crippen molar-refractivity contribution in [2.24, 2.45) is 0 Å². The second-order valence-electron chi connectivity index (χ2n) is 6.55. The van der Waals surface area contributed by atoms with Gasteiger partial charge in [0.2, 0.25) is 0 Å². The Morgan fingerprint density at radius 2 is 1.46 bits per heavy atom. The molecule has 128 valence electrons. The maximum absolute atomic E-state index is 5.93. The van der Waals surface area contributed by atoms with Crippen molar-refractivity contribution in [1.29, 1.82) is 0 Å². The van der Waals surface area contributed by atoms with Crippen molar-refractivity contribution in [3.05, 3.63) is 64.7 Å². The van der Waals surface area contributed by atoms with Gasteiger partial charge in [0.1, 0.15) is 5.75 Å². The molecule has 2 aromatic rings. The Bertz CT molecular complexity index is 603. The van der Waals surface area contributed by atoms with Crippen molar-refractivity contribution in [1.82, 2.24) is 4.90 Å². The number of likely N-dealkylation sites (tertiary alicyclic amines) is 1. The number of hydrogen-bond donors (Lipinski definition) is 0.